The zero-order chi connectivity index (χ0) is 17.8. The first-order valence-corrected chi connectivity index (χ1v) is 9.48. The average molecular weight is 363 g/mol. The smallest absolute Gasteiger partial charge is 0.232 e. The molecule has 2 heterocycles. The summed E-state index contributed by atoms with van der Waals surface area (Å²) in [6.07, 6.45) is 0. The molecule has 1 aliphatic rings. The van der Waals surface area contributed by atoms with Crippen molar-refractivity contribution in [3.8, 4) is 0 Å². The number of halogens is 1. The fraction of sp³-hybridized carbons (Fsp3) is 0.444. The molecule has 2 aromatic rings. The number of anilines is 1. The van der Waals surface area contributed by atoms with Gasteiger partial charge in [-0.25, -0.2) is 4.39 Å². The monoisotopic (exact) mass is 363 g/mol. The molecule has 1 aromatic heterocycles. The largest absolute Gasteiger partial charge is 0.366 e. The van der Waals surface area contributed by atoms with E-state index in [0.29, 0.717) is 37.6 Å². The molecule has 0 atom stereocenters. The molecule has 1 aliphatic heterocycles. The van der Waals surface area contributed by atoms with Crippen molar-refractivity contribution in [3.63, 3.8) is 0 Å². The molecule has 1 amide bonds. The van der Waals surface area contributed by atoms with Crippen LogP contribution in [0.25, 0.3) is 0 Å². The van der Waals surface area contributed by atoms with Gasteiger partial charge in [-0.15, -0.1) is 11.8 Å². The van der Waals surface area contributed by atoms with Gasteiger partial charge in [0.15, 0.2) is 0 Å². The van der Waals surface area contributed by atoms with E-state index in [9.17, 15) is 9.18 Å². The molecule has 3 rings (SSSR count). The molecule has 134 valence electrons. The van der Waals surface area contributed by atoms with Crippen LogP contribution in [0.1, 0.15) is 17.0 Å². The van der Waals surface area contributed by atoms with E-state index < -0.39 is 0 Å². The summed E-state index contributed by atoms with van der Waals surface area (Å²) in [5, 5.41) is 3.93. The maximum absolute atomic E-state index is 13.9. The predicted molar refractivity (Wildman–Crippen MR) is 97.3 cm³/mol. The van der Waals surface area contributed by atoms with E-state index in [1.54, 1.807) is 23.9 Å². The molecule has 25 heavy (non-hydrogen) atoms. The molecule has 1 fully saturated rings. The minimum Gasteiger partial charge on any atom is -0.366 e. The number of amides is 1. The van der Waals surface area contributed by atoms with Gasteiger partial charge < -0.3 is 14.3 Å². The van der Waals surface area contributed by atoms with Crippen molar-refractivity contribution in [2.75, 3.05) is 36.8 Å². The van der Waals surface area contributed by atoms with Crippen molar-refractivity contribution in [3.05, 3.63) is 47.1 Å². The maximum atomic E-state index is 13.9. The Hall–Kier alpha value is -2.02. The number of rotatable bonds is 5. The van der Waals surface area contributed by atoms with Crippen LogP contribution in [-0.4, -0.2) is 47.9 Å². The molecule has 0 N–H and O–H groups in total. The van der Waals surface area contributed by atoms with E-state index in [0.717, 1.165) is 22.8 Å². The normalized spacial score (nSPS) is 14.8. The highest BCUT2D eigenvalue weighted by Gasteiger charge is 2.22. The third-order valence-electron chi connectivity index (χ3n) is 4.48. The molecule has 0 radical (unpaired) electrons. The summed E-state index contributed by atoms with van der Waals surface area (Å²) in [5.74, 6) is 1.89. The molecule has 5 nitrogen and oxygen atoms in total. The number of piperazine rings is 1. The number of hydrogen-bond donors (Lipinski definition) is 0. The molecule has 0 unspecified atom stereocenters. The second-order valence-electron chi connectivity index (χ2n) is 6.11. The van der Waals surface area contributed by atoms with E-state index in [-0.39, 0.29) is 11.7 Å². The van der Waals surface area contributed by atoms with Gasteiger partial charge in [-0.1, -0.05) is 17.3 Å². The van der Waals surface area contributed by atoms with Crippen LogP contribution in [0, 0.1) is 19.7 Å². The third-order valence-corrected chi connectivity index (χ3v) is 5.42. The third kappa shape index (κ3) is 4.15. The summed E-state index contributed by atoms with van der Waals surface area (Å²) in [7, 11) is 0. The van der Waals surface area contributed by atoms with Gasteiger partial charge in [-0.05, 0) is 26.0 Å². The van der Waals surface area contributed by atoms with Crippen LogP contribution in [0.2, 0.25) is 0 Å². The molecule has 1 saturated heterocycles. The number of nitrogens with zero attached hydrogens (tertiary/aromatic N) is 3. The van der Waals surface area contributed by atoms with E-state index in [4.69, 9.17) is 4.52 Å². The fourth-order valence-electron chi connectivity index (χ4n) is 2.94. The Balaban J connectivity index is 1.46. The number of para-hydroxylation sites is 1. The summed E-state index contributed by atoms with van der Waals surface area (Å²) in [4.78, 5) is 16.2. The minimum absolute atomic E-state index is 0.130. The van der Waals surface area contributed by atoms with Gasteiger partial charge in [0, 0.05) is 37.5 Å². The van der Waals surface area contributed by atoms with Gasteiger partial charge in [-0.2, -0.15) is 0 Å². The zero-order valence-corrected chi connectivity index (χ0v) is 15.3. The van der Waals surface area contributed by atoms with E-state index in [2.05, 4.69) is 5.16 Å². The Morgan fingerprint density at radius 3 is 2.60 bits per heavy atom. The lowest BCUT2D eigenvalue weighted by Gasteiger charge is -2.36. The highest BCUT2D eigenvalue weighted by Crippen LogP contribution is 2.22. The first-order chi connectivity index (χ1) is 12.1. The summed E-state index contributed by atoms with van der Waals surface area (Å²) in [6.45, 7) is 6.36. The van der Waals surface area contributed by atoms with Crippen LogP contribution >= 0.6 is 11.8 Å². The van der Waals surface area contributed by atoms with E-state index in [1.807, 2.05) is 29.7 Å². The second-order valence-corrected chi connectivity index (χ2v) is 7.10. The van der Waals surface area contributed by atoms with Crippen LogP contribution in [0.4, 0.5) is 10.1 Å². The lowest BCUT2D eigenvalue weighted by molar-refractivity contribution is -0.128. The molecule has 1 aromatic carbocycles. The molecule has 7 heteroatoms. The molecule has 0 saturated carbocycles. The molecule has 0 bridgehead atoms. The number of thioether (sulfide) groups is 1. The maximum Gasteiger partial charge on any atom is 0.232 e. The highest BCUT2D eigenvalue weighted by atomic mass is 32.2. The average Bonchev–Trinajstić information content (AvgIpc) is 2.94. The van der Waals surface area contributed by atoms with Crippen LogP contribution in [0.15, 0.2) is 28.8 Å². The second kappa shape index (κ2) is 7.91. The summed E-state index contributed by atoms with van der Waals surface area (Å²) in [6, 6.07) is 6.78. The fourth-order valence-corrected chi connectivity index (χ4v) is 4.02. The summed E-state index contributed by atoms with van der Waals surface area (Å²) < 4.78 is 19.0. The SMILES string of the molecule is Cc1noc(C)c1CSCC(=O)N1CCN(c2ccccc2F)CC1. The van der Waals surface area contributed by atoms with Crippen LogP contribution in [0.5, 0.6) is 0 Å². The highest BCUT2D eigenvalue weighted by molar-refractivity contribution is 7.99. The van der Waals surface area contributed by atoms with E-state index >= 15 is 0 Å². The Bertz CT molecular complexity index is 722. The zero-order valence-electron chi connectivity index (χ0n) is 14.5. The minimum atomic E-state index is -0.211. The Morgan fingerprint density at radius 1 is 1.24 bits per heavy atom. The quantitative estimate of drug-likeness (QED) is 0.817. The van der Waals surface area contributed by atoms with Crippen molar-refractivity contribution >= 4 is 23.4 Å². The number of benzene rings is 1. The van der Waals surface area contributed by atoms with Crippen molar-refractivity contribution in [1.29, 1.82) is 0 Å². The van der Waals surface area contributed by atoms with E-state index in [1.165, 1.54) is 6.07 Å². The van der Waals surface area contributed by atoms with Crippen LogP contribution in [0.3, 0.4) is 0 Å². The summed E-state index contributed by atoms with van der Waals surface area (Å²) >= 11 is 1.58. The van der Waals surface area contributed by atoms with Gasteiger partial charge >= 0.3 is 0 Å². The molecular weight excluding hydrogens is 341 g/mol. The first kappa shape index (κ1) is 17.8. The van der Waals surface area contributed by atoms with Crippen molar-refractivity contribution in [2.45, 2.75) is 19.6 Å². The Kier molecular flexibility index (Phi) is 5.63. The van der Waals surface area contributed by atoms with Gasteiger partial charge in [0.05, 0.1) is 17.1 Å². The Morgan fingerprint density at radius 2 is 1.96 bits per heavy atom. The lowest BCUT2D eigenvalue weighted by Crippen LogP contribution is -2.49. The summed E-state index contributed by atoms with van der Waals surface area (Å²) in [5.41, 5.74) is 2.57. The lowest BCUT2D eigenvalue weighted by atomic mass is 10.2. The number of aryl methyl sites for hydroxylation is 2. The standard InChI is InChI=1S/C18H22FN3O2S/c1-13-15(14(2)24-20-13)11-25-12-18(23)22-9-7-21(8-10-22)17-6-4-3-5-16(17)19/h3-6H,7-12H2,1-2H3. The van der Waals surface area contributed by atoms with Gasteiger partial charge in [0.1, 0.15) is 11.6 Å². The Labute approximate surface area is 151 Å². The van der Waals surface area contributed by atoms with Gasteiger partial charge in [-0.3, -0.25) is 4.79 Å². The van der Waals surface area contributed by atoms with Crippen molar-refractivity contribution in [2.24, 2.45) is 0 Å². The molecule has 0 aliphatic carbocycles. The molecular formula is C18H22FN3O2S. The number of hydrogen-bond acceptors (Lipinski definition) is 5. The predicted octanol–water partition coefficient (Wildman–Crippen LogP) is 3.01. The molecule has 0 spiro atoms. The van der Waals surface area contributed by atoms with Gasteiger partial charge in [0.2, 0.25) is 5.91 Å². The van der Waals surface area contributed by atoms with Crippen molar-refractivity contribution < 1.29 is 13.7 Å². The number of carbonyl (C=O) groups is 1. The topological polar surface area (TPSA) is 49.6 Å². The first-order valence-electron chi connectivity index (χ1n) is 8.33. The van der Waals surface area contributed by atoms with Crippen LogP contribution < -0.4 is 4.90 Å². The number of aromatic nitrogens is 1. The van der Waals surface area contributed by atoms with Crippen molar-refractivity contribution in [1.82, 2.24) is 10.1 Å². The van der Waals surface area contributed by atoms with Crippen LogP contribution in [-0.2, 0) is 10.5 Å². The van der Waals surface area contributed by atoms with Gasteiger partial charge in [0.25, 0.3) is 0 Å². The number of carbonyl (C=O) groups excluding carboxylic acids is 1.